The van der Waals surface area contributed by atoms with E-state index >= 15 is 0 Å². The smallest absolute Gasteiger partial charge is 0.144 e. The van der Waals surface area contributed by atoms with Crippen molar-refractivity contribution < 1.29 is 0 Å². The van der Waals surface area contributed by atoms with Gasteiger partial charge >= 0.3 is 0 Å². The van der Waals surface area contributed by atoms with Crippen LogP contribution in [0.25, 0.3) is 0 Å². The first-order valence-electron chi connectivity index (χ1n) is 6.67. The molecule has 1 aromatic rings. The summed E-state index contributed by atoms with van der Waals surface area (Å²) in [5, 5.41) is 7.87. The molecule has 0 fully saturated rings. The van der Waals surface area contributed by atoms with Crippen LogP contribution in [-0.4, -0.2) is 21.3 Å². The predicted octanol–water partition coefficient (Wildman–Crippen LogP) is 2.77. The molecule has 0 aliphatic carbocycles. The highest BCUT2D eigenvalue weighted by molar-refractivity contribution is 5.01. The van der Waals surface area contributed by atoms with Gasteiger partial charge in [-0.15, -0.1) is 0 Å². The van der Waals surface area contributed by atoms with E-state index in [2.05, 4.69) is 50.0 Å². The van der Waals surface area contributed by atoms with E-state index in [9.17, 15) is 0 Å². The Bertz CT molecular complexity index is 330. The molecule has 17 heavy (non-hydrogen) atoms. The first-order valence-corrected chi connectivity index (χ1v) is 6.67. The largest absolute Gasteiger partial charge is 0.307 e. The van der Waals surface area contributed by atoms with Gasteiger partial charge in [-0.3, -0.25) is 0 Å². The van der Waals surface area contributed by atoms with Crippen molar-refractivity contribution >= 4 is 0 Å². The lowest BCUT2D eigenvalue weighted by Gasteiger charge is -2.33. The number of hydrogen-bond donors (Lipinski definition) is 1. The molecule has 1 aromatic heterocycles. The van der Waals surface area contributed by atoms with Gasteiger partial charge in [-0.05, 0) is 24.8 Å². The van der Waals surface area contributed by atoms with Crippen molar-refractivity contribution in [2.45, 2.75) is 60.0 Å². The molecule has 1 heterocycles. The number of nitrogens with zero attached hydrogens (tertiary/aromatic N) is 3. The average Bonchev–Trinajstić information content (AvgIpc) is 2.74. The van der Waals surface area contributed by atoms with E-state index < -0.39 is 0 Å². The Morgan fingerprint density at radius 2 is 2.06 bits per heavy atom. The molecule has 0 aromatic carbocycles. The lowest BCUT2D eigenvalue weighted by Crippen LogP contribution is -2.36. The van der Waals surface area contributed by atoms with Crippen molar-refractivity contribution in [3.63, 3.8) is 0 Å². The van der Waals surface area contributed by atoms with E-state index in [0.29, 0.717) is 0 Å². The first-order chi connectivity index (χ1) is 8.06. The molecular formula is C13H26N4. The minimum atomic E-state index is 0.189. The van der Waals surface area contributed by atoms with Crippen LogP contribution in [0.3, 0.4) is 0 Å². The van der Waals surface area contributed by atoms with Gasteiger partial charge in [-0.25, -0.2) is 9.67 Å². The lowest BCUT2D eigenvalue weighted by atomic mass is 9.81. The number of aryl methyl sites for hydroxylation is 1. The fraction of sp³-hybridized carbons (Fsp3) is 0.846. The van der Waals surface area contributed by atoms with Crippen LogP contribution >= 0.6 is 0 Å². The average molecular weight is 238 g/mol. The van der Waals surface area contributed by atoms with E-state index in [0.717, 1.165) is 31.8 Å². The van der Waals surface area contributed by atoms with Gasteiger partial charge in [0.15, 0.2) is 0 Å². The van der Waals surface area contributed by atoms with Crippen LogP contribution in [0.15, 0.2) is 6.33 Å². The molecule has 0 aliphatic rings. The van der Waals surface area contributed by atoms with Gasteiger partial charge in [0.1, 0.15) is 12.2 Å². The first kappa shape index (κ1) is 14.2. The van der Waals surface area contributed by atoms with E-state index in [1.807, 2.05) is 4.68 Å². The SMILES string of the molecule is CCCn1ncnc1C(NCC)C(C)(C)CC. The number of rotatable bonds is 7. The molecule has 0 amide bonds. The van der Waals surface area contributed by atoms with Crippen LogP contribution < -0.4 is 5.32 Å². The van der Waals surface area contributed by atoms with Crippen LogP contribution in [0, 0.1) is 5.41 Å². The van der Waals surface area contributed by atoms with Gasteiger partial charge in [0.05, 0.1) is 6.04 Å². The summed E-state index contributed by atoms with van der Waals surface area (Å²) in [4.78, 5) is 4.46. The van der Waals surface area contributed by atoms with Crippen molar-refractivity contribution in [3.8, 4) is 0 Å². The number of nitrogens with one attached hydrogen (secondary N) is 1. The standard InChI is InChI=1S/C13H26N4/c1-6-9-17-12(15-10-16-17)11(14-8-3)13(4,5)7-2/h10-11,14H,6-9H2,1-5H3. The summed E-state index contributed by atoms with van der Waals surface area (Å²) in [7, 11) is 0. The van der Waals surface area contributed by atoms with Crippen molar-refractivity contribution in [2.24, 2.45) is 5.41 Å². The second kappa shape index (κ2) is 6.15. The van der Waals surface area contributed by atoms with Gasteiger partial charge < -0.3 is 5.32 Å². The second-order valence-electron chi connectivity index (χ2n) is 5.17. The quantitative estimate of drug-likeness (QED) is 0.794. The molecule has 1 atom stereocenters. The molecule has 1 N–H and O–H groups in total. The Balaban J connectivity index is 3.00. The Morgan fingerprint density at radius 3 is 2.59 bits per heavy atom. The molecule has 0 saturated carbocycles. The highest BCUT2D eigenvalue weighted by Gasteiger charge is 2.31. The highest BCUT2D eigenvalue weighted by Crippen LogP contribution is 2.35. The molecule has 0 saturated heterocycles. The monoisotopic (exact) mass is 238 g/mol. The van der Waals surface area contributed by atoms with Gasteiger partial charge in [-0.1, -0.05) is 34.6 Å². The van der Waals surface area contributed by atoms with Gasteiger partial charge in [0, 0.05) is 6.54 Å². The summed E-state index contributed by atoms with van der Waals surface area (Å²) in [6.07, 6.45) is 3.87. The third-order valence-electron chi connectivity index (χ3n) is 3.44. The topological polar surface area (TPSA) is 42.7 Å². The summed E-state index contributed by atoms with van der Waals surface area (Å²) >= 11 is 0. The second-order valence-corrected chi connectivity index (χ2v) is 5.17. The van der Waals surface area contributed by atoms with E-state index in [4.69, 9.17) is 0 Å². The Labute approximate surface area is 105 Å². The van der Waals surface area contributed by atoms with Crippen LogP contribution in [0.5, 0.6) is 0 Å². The molecule has 4 heteroatoms. The van der Waals surface area contributed by atoms with Crippen molar-refractivity contribution in [2.75, 3.05) is 6.54 Å². The zero-order valence-electron chi connectivity index (χ0n) is 11.8. The van der Waals surface area contributed by atoms with E-state index in [1.54, 1.807) is 6.33 Å². The molecular weight excluding hydrogens is 212 g/mol. The highest BCUT2D eigenvalue weighted by atomic mass is 15.3. The molecule has 0 aliphatic heterocycles. The van der Waals surface area contributed by atoms with Crippen LogP contribution in [-0.2, 0) is 6.54 Å². The summed E-state index contributed by atoms with van der Waals surface area (Å²) in [5.41, 5.74) is 0.189. The van der Waals surface area contributed by atoms with Gasteiger partial charge in [-0.2, -0.15) is 5.10 Å². The maximum Gasteiger partial charge on any atom is 0.144 e. The third kappa shape index (κ3) is 3.28. The number of aromatic nitrogens is 3. The van der Waals surface area contributed by atoms with Gasteiger partial charge in [0.25, 0.3) is 0 Å². The summed E-state index contributed by atoms with van der Waals surface area (Å²) in [6, 6.07) is 0.270. The fourth-order valence-electron chi connectivity index (χ4n) is 2.01. The Hall–Kier alpha value is -0.900. The minimum absolute atomic E-state index is 0.189. The van der Waals surface area contributed by atoms with Crippen LogP contribution in [0.4, 0.5) is 0 Å². The normalized spacial score (nSPS) is 13.9. The number of hydrogen-bond acceptors (Lipinski definition) is 3. The predicted molar refractivity (Wildman–Crippen MR) is 70.8 cm³/mol. The van der Waals surface area contributed by atoms with Crippen LogP contribution in [0.2, 0.25) is 0 Å². The molecule has 0 spiro atoms. The molecule has 98 valence electrons. The molecule has 1 rings (SSSR count). The van der Waals surface area contributed by atoms with Crippen molar-refractivity contribution in [3.05, 3.63) is 12.2 Å². The molecule has 4 nitrogen and oxygen atoms in total. The van der Waals surface area contributed by atoms with Crippen LogP contribution in [0.1, 0.15) is 59.3 Å². The lowest BCUT2D eigenvalue weighted by molar-refractivity contribution is 0.221. The summed E-state index contributed by atoms with van der Waals surface area (Å²) in [6.45, 7) is 13.0. The van der Waals surface area contributed by atoms with Crippen molar-refractivity contribution in [1.82, 2.24) is 20.1 Å². The minimum Gasteiger partial charge on any atom is -0.307 e. The van der Waals surface area contributed by atoms with E-state index in [-0.39, 0.29) is 11.5 Å². The maximum absolute atomic E-state index is 4.46. The summed E-state index contributed by atoms with van der Waals surface area (Å²) in [5.74, 6) is 1.07. The van der Waals surface area contributed by atoms with Gasteiger partial charge in [0.2, 0.25) is 0 Å². The fourth-order valence-corrected chi connectivity index (χ4v) is 2.01. The molecule has 1 unspecified atom stereocenters. The summed E-state index contributed by atoms with van der Waals surface area (Å²) < 4.78 is 2.03. The molecule has 0 bridgehead atoms. The molecule has 0 radical (unpaired) electrons. The zero-order valence-corrected chi connectivity index (χ0v) is 11.8. The third-order valence-corrected chi connectivity index (χ3v) is 3.44. The van der Waals surface area contributed by atoms with Crippen molar-refractivity contribution in [1.29, 1.82) is 0 Å². The van der Waals surface area contributed by atoms with E-state index in [1.165, 1.54) is 0 Å². The zero-order chi connectivity index (χ0) is 12.9. The Morgan fingerprint density at radius 1 is 1.35 bits per heavy atom. The Kier molecular flexibility index (Phi) is 5.12. The maximum atomic E-state index is 4.46.